The van der Waals surface area contributed by atoms with Gasteiger partial charge in [0.1, 0.15) is 0 Å². The van der Waals surface area contributed by atoms with E-state index in [1.165, 1.54) is 25.7 Å². The van der Waals surface area contributed by atoms with Crippen LogP contribution in [0.2, 0.25) is 0 Å². The average Bonchev–Trinajstić information content (AvgIpc) is 3.29. The van der Waals surface area contributed by atoms with Gasteiger partial charge in [-0.3, -0.25) is 14.4 Å². The Bertz CT molecular complexity index is 678. The Balaban J connectivity index is 1.28. The van der Waals surface area contributed by atoms with E-state index in [1.54, 1.807) is 12.1 Å². The molecule has 0 atom stereocenters. The summed E-state index contributed by atoms with van der Waals surface area (Å²) in [6.07, 6.45) is 7.91. The zero-order valence-electron chi connectivity index (χ0n) is 17.3. The number of piperazine rings is 1. The highest BCUT2D eigenvalue weighted by Gasteiger charge is 2.24. The molecule has 3 amide bonds. The lowest BCUT2D eigenvalue weighted by molar-refractivity contribution is -0.139. The standard InChI is InChI=1S/C23H33N3O3/c27-21(11-6-14-24-23(29)20-9-2-1-3-10-20)25-15-17-26(18-16-25)22(28)13-12-19-7-4-5-8-19/h1-3,9-10,19H,4-8,11-18H2,(H,24,29). The maximum atomic E-state index is 12.4. The van der Waals surface area contributed by atoms with Gasteiger partial charge in [0, 0.05) is 51.1 Å². The second kappa shape index (κ2) is 11.0. The van der Waals surface area contributed by atoms with Gasteiger partial charge in [-0.15, -0.1) is 0 Å². The normalized spacial score (nSPS) is 17.4. The minimum Gasteiger partial charge on any atom is -0.352 e. The number of rotatable bonds is 8. The fraction of sp³-hybridized carbons (Fsp3) is 0.609. The first-order chi connectivity index (χ1) is 14.1. The minimum atomic E-state index is -0.109. The lowest BCUT2D eigenvalue weighted by Crippen LogP contribution is -2.50. The number of nitrogens with zero attached hydrogens (tertiary/aromatic N) is 2. The Kier molecular flexibility index (Phi) is 8.08. The highest BCUT2D eigenvalue weighted by Crippen LogP contribution is 2.28. The minimum absolute atomic E-state index is 0.108. The van der Waals surface area contributed by atoms with Gasteiger partial charge >= 0.3 is 0 Å². The van der Waals surface area contributed by atoms with Gasteiger partial charge in [-0.1, -0.05) is 43.9 Å². The molecule has 1 N–H and O–H groups in total. The summed E-state index contributed by atoms with van der Waals surface area (Å²) < 4.78 is 0. The van der Waals surface area contributed by atoms with Gasteiger partial charge in [0.2, 0.25) is 11.8 Å². The van der Waals surface area contributed by atoms with Gasteiger partial charge in [0.15, 0.2) is 0 Å². The maximum absolute atomic E-state index is 12.4. The molecule has 1 aromatic rings. The van der Waals surface area contributed by atoms with Crippen molar-refractivity contribution in [2.75, 3.05) is 32.7 Å². The van der Waals surface area contributed by atoms with Crippen LogP contribution in [0.3, 0.4) is 0 Å². The molecule has 2 fully saturated rings. The molecule has 0 unspecified atom stereocenters. The van der Waals surface area contributed by atoms with Crippen molar-refractivity contribution >= 4 is 17.7 Å². The third-order valence-corrected chi connectivity index (χ3v) is 6.12. The Labute approximate surface area is 173 Å². The summed E-state index contributed by atoms with van der Waals surface area (Å²) in [6, 6.07) is 9.08. The Hall–Kier alpha value is -2.37. The molecule has 0 aromatic heterocycles. The van der Waals surface area contributed by atoms with Crippen LogP contribution in [0.4, 0.5) is 0 Å². The molecule has 3 rings (SSSR count). The van der Waals surface area contributed by atoms with E-state index in [0.717, 1.165) is 12.3 Å². The van der Waals surface area contributed by atoms with E-state index in [1.807, 2.05) is 28.0 Å². The summed E-state index contributed by atoms with van der Waals surface area (Å²) in [5.74, 6) is 0.983. The first kappa shape index (κ1) is 21.3. The fourth-order valence-electron chi connectivity index (χ4n) is 4.28. The molecule has 1 saturated carbocycles. The van der Waals surface area contributed by atoms with E-state index < -0.39 is 0 Å². The molecule has 6 heteroatoms. The Morgan fingerprint density at radius 2 is 1.45 bits per heavy atom. The molecule has 0 spiro atoms. The Morgan fingerprint density at radius 1 is 0.862 bits per heavy atom. The van der Waals surface area contributed by atoms with Crippen LogP contribution in [0, 0.1) is 5.92 Å². The van der Waals surface area contributed by atoms with Gasteiger partial charge < -0.3 is 15.1 Å². The predicted molar refractivity (Wildman–Crippen MR) is 112 cm³/mol. The summed E-state index contributed by atoms with van der Waals surface area (Å²) in [5, 5.41) is 2.85. The lowest BCUT2D eigenvalue weighted by Gasteiger charge is -2.35. The molecule has 1 saturated heterocycles. The number of carbonyl (C=O) groups excluding carboxylic acids is 3. The lowest BCUT2D eigenvalue weighted by atomic mass is 10.0. The van der Waals surface area contributed by atoms with Gasteiger partial charge in [0.05, 0.1) is 0 Å². The first-order valence-corrected chi connectivity index (χ1v) is 11.0. The monoisotopic (exact) mass is 399 g/mol. The van der Waals surface area contributed by atoms with Crippen LogP contribution in [0.15, 0.2) is 30.3 Å². The third-order valence-electron chi connectivity index (χ3n) is 6.12. The van der Waals surface area contributed by atoms with Crippen LogP contribution < -0.4 is 5.32 Å². The second-order valence-corrected chi connectivity index (χ2v) is 8.18. The molecular weight excluding hydrogens is 366 g/mol. The summed E-state index contributed by atoms with van der Waals surface area (Å²) in [5.41, 5.74) is 0.632. The van der Waals surface area contributed by atoms with E-state index >= 15 is 0 Å². The number of amides is 3. The number of hydrogen-bond acceptors (Lipinski definition) is 3. The Morgan fingerprint density at radius 3 is 2.07 bits per heavy atom. The molecule has 1 heterocycles. The molecule has 1 aliphatic heterocycles. The van der Waals surface area contributed by atoms with Gasteiger partial charge in [-0.25, -0.2) is 0 Å². The largest absolute Gasteiger partial charge is 0.352 e. The van der Waals surface area contributed by atoms with E-state index in [2.05, 4.69) is 5.32 Å². The van der Waals surface area contributed by atoms with Crippen LogP contribution in [-0.2, 0) is 9.59 Å². The quantitative estimate of drug-likeness (QED) is 0.684. The van der Waals surface area contributed by atoms with Crippen molar-refractivity contribution < 1.29 is 14.4 Å². The number of benzene rings is 1. The van der Waals surface area contributed by atoms with E-state index in [0.29, 0.717) is 57.5 Å². The van der Waals surface area contributed by atoms with E-state index in [4.69, 9.17) is 0 Å². The third kappa shape index (κ3) is 6.58. The van der Waals surface area contributed by atoms with Gasteiger partial charge in [-0.2, -0.15) is 0 Å². The molecule has 1 aromatic carbocycles. The van der Waals surface area contributed by atoms with Crippen LogP contribution in [0.1, 0.15) is 61.7 Å². The molecule has 0 radical (unpaired) electrons. The maximum Gasteiger partial charge on any atom is 0.251 e. The van der Waals surface area contributed by atoms with Crippen molar-refractivity contribution in [2.45, 2.75) is 51.4 Å². The summed E-state index contributed by atoms with van der Waals surface area (Å²) in [7, 11) is 0. The topological polar surface area (TPSA) is 69.7 Å². The second-order valence-electron chi connectivity index (χ2n) is 8.18. The van der Waals surface area contributed by atoms with Crippen molar-refractivity contribution in [1.29, 1.82) is 0 Å². The zero-order chi connectivity index (χ0) is 20.5. The molecule has 6 nitrogen and oxygen atoms in total. The van der Waals surface area contributed by atoms with Crippen molar-refractivity contribution in [3.05, 3.63) is 35.9 Å². The van der Waals surface area contributed by atoms with Crippen molar-refractivity contribution in [1.82, 2.24) is 15.1 Å². The number of carbonyl (C=O) groups is 3. The van der Waals surface area contributed by atoms with Crippen molar-refractivity contribution in [2.24, 2.45) is 5.92 Å². The highest BCUT2D eigenvalue weighted by atomic mass is 16.2. The van der Waals surface area contributed by atoms with Gasteiger partial charge in [-0.05, 0) is 30.9 Å². The van der Waals surface area contributed by atoms with Crippen molar-refractivity contribution in [3.8, 4) is 0 Å². The van der Waals surface area contributed by atoms with E-state index in [9.17, 15) is 14.4 Å². The molecule has 29 heavy (non-hydrogen) atoms. The smallest absolute Gasteiger partial charge is 0.251 e. The molecule has 1 aliphatic carbocycles. The van der Waals surface area contributed by atoms with Crippen LogP contribution in [0.25, 0.3) is 0 Å². The van der Waals surface area contributed by atoms with Gasteiger partial charge in [0.25, 0.3) is 5.91 Å². The predicted octanol–water partition coefficient (Wildman–Crippen LogP) is 2.84. The average molecular weight is 400 g/mol. The molecule has 2 aliphatic rings. The zero-order valence-corrected chi connectivity index (χ0v) is 17.3. The van der Waals surface area contributed by atoms with Crippen LogP contribution in [0.5, 0.6) is 0 Å². The first-order valence-electron chi connectivity index (χ1n) is 11.0. The molecule has 0 bridgehead atoms. The number of nitrogens with one attached hydrogen (secondary N) is 1. The van der Waals surface area contributed by atoms with Crippen LogP contribution in [-0.4, -0.2) is 60.2 Å². The molecule has 158 valence electrons. The van der Waals surface area contributed by atoms with Crippen LogP contribution >= 0.6 is 0 Å². The number of hydrogen-bond donors (Lipinski definition) is 1. The van der Waals surface area contributed by atoms with Crippen molar-refractivity contribution in [3.63, 3.8) is 0 Å². The summed E-state index contributed by atoms with van der Waals surface area (Å²) >= 11 is 0. The SMILES string of the molecule is O=C(NCCCC(=O)N1CCN(C(=O)CCC2CCCC2)CC1)c1ccccc1. The fourth-order valence-corrected chi connectivity index (χ4v) is 4.28. The molecular formula is C23H33N3O3. The highest BCUT2D eigenvalue weighted by molar-refractivity contribution is 5.94. The summed E-state index contributed by atoms with van der Waals surface area (Å²) in [4.78, 5) is 40.6. The van der Waals surface area contributed by atoms with E-state index in [-0.39, 0.29) is 17.7 Å². The summed E-state index contributed by atoms with van der Waals surface area (Å²) in [6.45, 7) is 2.99.